The maximum absolute atomic E-state index is 5.59. The van der Waals surface area contributed by atoms with Gasteiger partial charge in [-0.25, -0.2) is 0 Å². The van der Waals surface area contributed by atoms with Gasteiger partial charge in [0, 0.05) is 39.5 Å². The van der Waals surface area contributed by atoms with Crippen LogP contribution in [0.2, 0.25) is 0 Å². The molecule has 4 nitrogen and oxygen atoms in total. The summed E-state index contributed by atoms with van der Waals surface area (Å²) >= 11 is 0. The standard InChI is InChI=1S/C13H28N2O2/c1-3-14-13-6-4-7-15(12-13)8-11-17-10-5-9-16-2/h13-14H,3-12H2,1-2H3. The Bertz CT molecular complexity index is 177. The van der Waals surface area contributed by atoms with E-state index in [2.05, 4.69) is 17.1 Å². The highest BCUT2D eigenvalue weighted by atomic mass is 16.5. The zero-order valence-corrected chi connectivity index (χ0v) is 11.4. The van der Waals surface area contributed by atoms with E-state index in [9.17, 15) is 0 Å². The molecule has 0 aromatic rings. The summed E-state index contributed by atoms with van der Waals surface area (Å²) in [6.45, 7) is 9.18. The molecular weight excluding hydrogens is 216 g/mol. The summed E-state index contributed by atoms with van der Waals surface area (Å²) in [6.07, 6.45) is 3.62. The molecule has 0 aliphatic carbocycles. The molecule has 0 spiro atoms. The van der Waals surface area contributed by atoms with Gasteiger partial charge in [0.25, 0.3) is 0 Å². The van der Waals surface area contributed by atoms with Gasteiger partial charge in [-0.3, -0.25) is 4.90 Å². The molecular formula is C13H28N2O2. The number of methoxy groups -OCH3 is 1. The fraction of sp³-hybridized carbons (Fsp3) is 1.00. The van der Waals surface area contributed by atoms with Crippen LogP contribution in [0.1, 0.15) is 26.2 Å². The third-order valence-corrected chi connectivity index (χ3v) is 3.19. The van der Waals surface area contributed by atoms with Crippen LogP contribution >= 0.6 is 0 Å². The Hall–Kier alpha value is -0.160. The van der Waals surface area contributed by atoms with Gasteiger partial charge in [-0.2, -0.15) is 0 Å². The number of piperidine rings is 1. The third kappa shape index (κ3) is 6.99. The van der Waals surface area contributed by atoms with Crippen LogP contribution in [0.4, 0.5) is 0 Å². The molecule has 1 rings (SSSR count). The Kier molecular flexibility index (Phi) is 8.61. The van der Waals surface area contributed by atoms with Crippen LogP contribution in [0.15, 0.2) is 0 Å². The summed E-state index contributed by atoms with van der Waals surface area (Å²) in [7, 11) is 1.73. The highest BCUT2D eigenvalue weighted by molar-refractivity contribution is 4.77. The smallest absolute Gasteiger partial charge is 0.0593 e. The van der Waals surface area contributed by atoms with Crippen LogP contribution in [0.5, 0.6) is 0 Å². The lowest BCUT2D eigenvalue weighted by Crippen LogP contribution is -2.46. The monoisotopic (exact) mass is 244 g/mol. The minimum absolute atomic E-state index is 0.683. The van der Waals surface area contributed by atoms with Gasteiger partial charge in [0.1, 0.15) is 0 Å². The summed E-state index contributed by atoms with van der Waals surface area (Å²) in [6, 6.07) is 0.683. The molecule has 0 amide bonds. The van der Waals surface area contributed by atoms with Crippen LogP contribution in [0.25, 0.3) is 0 Å². The second kappa shape index (κ2) is 9.83. The van der Waals surface area contributed by atoms with Crippen molar-refractivity contribution in [2.45, 2.75) is 32.2 Å². The minimum Gasteiger partial charge on any atom is -0.385 e. The molecule has 102 valence electrons. The van der Waals surface area contributed by atoms with Gasteiger partial charge in [-0.05, 0) is 32.4 Å². The number of hydrogen-bond donors (Lipinski definition) is 1. The number of nitrogens with zero attached hydrogens (tertiary/aromatic N) is 1. The first-order valence-electron chi connectivity index (χ1n) is 6.89. The Morgan fingerprint density at radius 2 is 2.18 bits per heavy atom. The lowest BCUT2D eigenvalue weighted by molar-refractivity contribution is 0.0748. The van der Waals surface area contributed by atoms with E-state index in [1.165, 1.54) is 25.9 Å². The molecule has 4 heteroatoms. The quantitative estimate of drug-likeness (QED) is 0.616. The van der Waals surface area contributed by atoms with Crippen molar-refractivity contribution < 1.29 is 9.47 Å². The first-order valence-corrected chi connectivity index (χ1v) is 6.89. The molecule has 1 aliphatic rings. The zero-order chi connectivity index (χ0) is 12.3. The summed E-state index contributed by atoms with van der Waals surface area (Å²) in [5, 5.41) is 3.53. The number of likely N-dealkylation sites (tertiary alicyclic amines) is 1. The van der Waals surface area contributed by atoms with E-state index in [1.807, 2.05) is 0 Å². The summed E-state index contributed by atoms with van der Waals surface area (Å²) < 4.78 is 10.6. The molecule has 0 aromatic carbocycles. The van der Waals surface area contributed by atoms with Gasteiger partial charge in [-0.15, -0.1) is 0 Å². The van der Waals surface area contributed by atoms with E-state index in [0.717, 1.165) is 39.3 Å². The second-order valence-electron chi connectivity index (χ2n) is 4.66. The van der Waals surface area contributed by atoms with Crippen molar-refractivity contribution in [1.29, 1.82) is 0 Å². The average Bonchev–Trinajstić information content (AvgIpc) is 2.35. The topological polar surface area (TPSA) is 33.7 Å². The lowest BCUT2D eigenvalue weighted by atomic mass is 10.1. The van der Waals surface area contributed by atoms with E-state index < -0.39 is 0 Å². The maximum Gasteiger partial charge on any atom is 0.0593 e. The molecule has 0 radical (unpaired) electrons. The number of hydrogen-bond acceptors (Lipinski definition) is 4. The second-order valence-corrected chi connectivity index (χ2v) is 4.66. The van der Waals surface area contributed by atoms with Gasteiger partial charge in [0.2, 0.25) is 0 Å². The minimum atomic E-state index is 0.683. The first-order chi connectivity index (χ1) is 8.36. The number of rotatable bonds is 9. The van der Waals surface area contributed by atoms with Crippen molar-refractivity contribution in [3.63, 3.8) is 0 Å². The van der Waals surface area contributed by atoms with Gasteiger partial charge in [0.05, 0.1) is 6.61 Å². The molecule has 1 heterocycles. The predicted molar refractivity (Wildman–Crippen MR) is 70.5 cm³/mol. The number of nitrogens with one attached hydrogen (secondary N) is 1. The van der Waals surface area contributed by atoms with Crippen LogP contribution in [0, 0.1) is 0 Å². The number of likely N-dealkylation sites (N-methyl/N-ethyl adjacent to an activating group) is 1. The Morgan fingerprint density at radius 3 is 2.94 bits per heavy atom. The molecule has 0 aromatic heterocycles. The van der Waals surface area contributed by atoms with E-state index in [-0.39, 0.29) is 0 Å². The van der Waals surface area contributed by atoms with Gasteiger partial charge >= 0.3 is 0 Å². The molecule has 0 bridgehead atoms. The van der Waals surface area contributed by atoms with Gasteiger partial charge in [0.15, 0.2) is 0 Å². The Balaban J connectivity index is 1.98. The average molecular weight is 244 g/mol. The highest BCUT2D eigenvalue weighted by Crippen LogP contribution is 2.09. The zero-order valence-electron chi connectivity index (χ0n) is 11.4. The normalized spacial score (nSPS) is 21.9. The van der Waals surface area contributed by atoms with Crippen molar-refractivity contribution in [3.05, 3.63) is 0 Å². The Labute approximate surface area is 106 Å². The fourth-order valence-corrected chi connectivity index (χ4v) is 2.31. The molecule has 0 saturated carbocycles. The summed E-state index contributed by atoms with van der Waals surface area (Å²) in [4.78, 5) is 2.51. The van der Waals surface area contributed by atoms with E-state index in [0.29, 0.717) is 6.04 Å². The predicted octanol–water partition coefficient (Wildman–Crippen LogP) is 1.11. The van der Waals surface area contributed by atoms with Crippen LogP contribution in [0.3, 0.4) is 0 Å². The van der Waals surface area contributed by atoms with E-state index >= 15 is 0 Å². The molecule has 1 saturated heterocycles. The van der Waals surface area contributed by atoms with Crippen molar-refractivity contribution in [3.8, 4) is 0 Å². The van der Waals surface area contributed by atoms with Gasteiger partial charge in [-0.1, -0.05) is 6.92 Å². The van der Waals surface area contributed by atoms with Crippen LogP contribution in [-0.4, -0.2) is 64.1 Å². The molecule has 1 atom stereocenters. The van der Waals surface area contributed by atoms with Crippen LogP contribution < -0.4 is 5.32 Å². The van der Waals surface area contributed by atoms with E-state index in [4.69, 9.17) is 9.47 Å². The van der Waals surface area contributed by atoms with Gasteiger partial charge < -0.3 is 14.8 Å². The van der Waals surface area contributed by atoms with Crippen molar-refractivity contribution in [1.82, 2.24) is 10.2 Å². The third-order valence-electron chi connectivity index (χ3n) is 3.19. The summed E-state index contributed by atoms with van der Waals surface area (Å²) in [5.74, 6) is 0. The van der Waals surface area contributed by atoms with Crippen molar-refractivity contribution in [2.75, 3.05) is 53.1 Å². The maximum atomic E-state index is 5.59. The molecule has 1 unspecified atom stereocenters. The van der Waals surface area contributed by atoms with Crippen molar-refractivity contribution in [2.24, 2.45) is 0 Å². The molecule has 17 heavy (non-hydrogen) atoms. The fourth-order valence-electron chi connectivity index (χ4n) is 2.31. The SMILES string of the molecule is CCNC1CCCN(CCOCCCOC)C1. The lowest BCUT2D eigenvalue weighted by Gasteiger charge is -2.32. The van der Waals surface area contributed by atoms with Crippen molar-refractivity contribution >= 4 is 0 Å². The number of ether oxygens (including phenoxy) is 2. The summed E-state index contributed by atoms with van der Waals surface area (Å²) in [5.41, 5.74) is 0. The Morgan fingerprint density at radius 1 is 1.29 bits per heavy atom. The molecule has 1 N–H and O–H groups in total. The molecule has 1 fully saturated rings. The highest BCUT2D eigenvalue weighted by Gasteiger charge is 2.18. The van der Waals surface area contributed by atoms with Crippen LogP contribution in [-0.2, 0) is 9.47 Å². The largest absolute Gasteiger partial charge is 0.385 e. The van der Waals surface area contributed by atoms with E-state index in [1.54, 1.807) is 7.11 Å². The first kappa shape index (κ1) is 14.9. The molecule has 1 aliphatic heterocycles.